The smallest absolute Gasteiger partial charge is 0.157 e. The molecule has 0 saturated carbocycles. The zero-order valence-corrected chi connectivity index (χ0v) is 14.7. The van der Waals surface area contributed by atoms with Crippen molar-refractivity contribution in [3.05, 3.63) is 107 Å². The van der Waals surface area contributed by atoms with Crippen LogP contribution in [0.5, 0.6) is 0 Å². The summed E-state index contributed by atoms with van der Waals surface area (Å²) in [5.41, 5.74) is 5.06. The molecule has 0 atom stereocenters. The van der Waals surface area contributed by atoms with E-state index in [9.17, 15) is 9.50 Å². The van der Waals surface area contributed by atoms with Crippen LogP contribution >= 0.6 is 0 Å². The summed E-state index contributed by atoms with van der Waals surface area (Å²) < 4.78 is 12.7. The van der Waals surface area contributed by atoms with Gasteiger partial charge in [0.25, 0.3) is 0 Å². The minimum atomic E-state index is -0.810. The van der Waals surface area contributed by atoms with Gasteiger partial charge in [-0.3, -0.25) is 0 Å². The predicted molar refractivity (Wildman–Crippen MR) is 103 cm³/mol. The molecule has 0 aliphatic heterocycles. The summed E-state index contributed by atoms with van der Waals surface area (Å²) in [6.45, 7) is 5.03. The van der Waals surface area contributed by atoms with Crippen LogP contribution < -0.4 is 0 Å². The van der Waals surface area contributed by atoms with E-state index in [0.29, 0.717) is 0 Å². The number of hydrogen-bond acceptors (Lipinski definition) is 1. The zero-order valence-electron chi connectivity index (χ0n) is 14.7. The van der Waals surface area contributed by atoms with E-state index in [4.69, 9.17) is 0 Å². The zero-order chi connectivity index (χ0) is 18.1. The summed E-state index contributed by atoms with van der Waals surface area (Å²) in [6.07, 6.45) is 6.97. The third-order valence-corrected chi connectivity index (χ3v) is 4.18. The minimum Gasteiger partial charge on any atom is -0.505 e. The van der Waals surface area contributed by atoms with E-state index in [-0.39, 0.29) is 0 Å². The van der Waals surface area contributed by atoms with E-state index in [0.717, 1.165) is 31.3 Å². The van der Waals surface area contributed by atoms with Gasteiger partial charge in [-0.25, -0.2) is 4.39 Å². The van der Waals surface area contributed by atoms with E-state index in [1.165, 1.54) is 22.8 Å². The molecule has 0 aliphatic rings. The van der Waals surface area contributed by atoms with Crippen molar-refractivity contribution in [3.63, 3.8) is 0 Å². The number of benzene rings is 2. The van der Waals surface area contributed by atoms with Gasteiger partial charge in [0.2, 0.25) is 0 Å². The second-order valence-electron chi connectivity index (χ2n) is 6.27. The molecule has 130 valence electrons. The van der Waals surface area contributed by atoms with Crippen LogP contribution in [0.4, 0.5) is 4.39 Å². The summed E-state index contributed by atoms with van der Waals surface area (Å²) in [5, 5.41) is 9.27. The van der Waals surface area contributed by atoms with E-state index >= 15 is 0 Å². The number of aliphatic hydroxyl groups excluding tert-OH is 1. The quantitative estimate of drug-likeness (QED) is 0.444. The fourth-order valence-electron chi connectivity index (χ4n) is 2.54. The number of rotatable bonds is 8. The molecule has 0 bridgehead atoms. The van der Waals surface area contributed by atoms with Crippen LogP contribution in [0.1, 0.15) is 30.0 Å². The lowest BCUT2D eigenvalue weighted by atomic mass is 10.0. The highest BCUT2D eigenvalue weighted by atomic mass is 19.1. The Morgan fingerprint density at radius 1 is 0.880 bits per heavy atom. The first-order chi connectivity index (χ1) is 12.0. The fraction of sp³-hybridized carbons (Fsp3) is 0.217. The van der Waals surface area contributed by atoms with Crippen LogP contribution in [0.25, 0.3) is 0 Å². The second kappa shape index (κ2) is 9.63. The van der Waals surface area contributed by atoms with Crippen molar-refractivity contribution in [3.8, 4) is 0 Å². The first kappa shape index (κ1) is 18.7. The number of allylic oxidation sites excluding steroid dienone is 4. The molecule has 0 amide bonds. The van der Waals surface area contributed by atoms with Crippen molar-refractivity contribution >= 4 is 0 Å². The van der Waals surface area contributed by atoms with Gasteiger partial charge in [0.15, 0.2) is 11.6 Å². The van der Waals surface area contributed by atoms with Crippen LogP contribution in [0.2, 0.25) is 0 Å². The maximum Gasteiger partial charge on any atom is 0.157 e. The molecule has 1 nitrogen and oxygen atoms in total. The number of aryl methyl sites for hydroxylation is 3. The van der Waals surface area contributed by atoms with E-state index in [1.54, 1.807) is 6.08 Å². The second-order valence-corrected chi connectivity index (χ2v) is 6.27. The molecule has 2 aromatic carbocycles. The molecule has 2 aromatic rings. The molecule has 0 spiro atoms. The third kappa shape index (κ3) is 6.80. The Bertz CT molecular complexity index is 739. The molecule has 0 radical (unpaired) electrons. The van der Waals surface area contributed by atoms with Crippen molar-refractivity contribution in [2.45, 2.75) is 32.6 Å². The monoisotopic (exact) mass is 336 g/mol. The van der Waals surface area contributed by atoms with Crippen LogP contribution in [-0.4, -0.2) is 5.11 Å². The molecule has 2 heteroatoms. The SMILES string of the molecule is C=C(F)/C(O)=C\C=C(/C)CCc1ccc(CCc2ccccc2)cc1. The molecule has 0 heterocycles. The maximum absolute atomic E-state index is 12.7. The van der Waals surface area contributed by atoms with Gasteiger partial charge in [-0.05, 0) is 55.4 Å². The third-order valence-electron chi connectivity index (χ3n) is 4.18. The molecule has 0 aliphatic carbocycles. The van der Waals surface area contributed by atoms with Crippen molar-refractivity contribution in [1.82, 2.24) is 0 Å². The van der Waals surface area contributed by atoms with Crippen molar-refractivity contribution in [1.29, 1.82) is 0 Å². The molecular formula is C23H25FO. The number of aliphatic hydroxyl groups is 1. The molecule has 0 aromatic heterocycles. The van der Waals surface area contributed by atoms with Gasteiger partial charge in [0.1, 0.15) is 0 Å². The number of hydrogen-bond donors (Lipinski definition) is 1. The molecule has 1 N–H and O–H groups in total. The first-order valence-corrected chi connectivity index (χ1v) is 8.57. The molecule has 0 saturated heterocycles. The minimum absolute atomic E-state index is 0.415. The van der Waals surface area contributed by atoms with Crippen molar-refractivity contribution in [2.75, 3.05) is 0 Å². The van der Waals surface area contributed by atoms with Crippen LogP contribution in [0.15, 0.2) is 90.5 Å². The van der Waals surface area contributed by atoms with Crippen LogP contribution in [-0.2, 0) is 19.3 Å². The Hall–Kier alpha value is -2.61. The molecule has 0 unspecified atom stereocenters. The standard InChI is InChI=1S/C23H25FO/c1-18(9-17-23(25)19(2)24)8-10-21-13-15-22(16-14-21)12-11-20-6-4-3-5-7-20/h3-7,9,13-17,25H,2,8,10-12H2,1H3/b18-9+,23-17+. The molecular weight excluding hydrogens is 311 g/mol. The Morgan fingerprint density at radius 3 is 1.96 bits per heavy atom. The van der Waals surface area contributed by atoms with Gasteiger partial charge < -0.3 is 5.11 Å². The Balaban J connectivity index is 1.83. The van der Waals surface area contributed by atoms with E-state index < -0.39 is 11.6 Å². The van der Waals surface area contributed by atoms with E-state index in [1.807, 2.05) is 13.0 Å². The number of halogens is 1. The van der Waals surface area contributed by atoms with Crippen LogP contribution in [0.3, 0.4) is 0 Å². The average Bonchev–Trinajstić information content (AvgIpc) is 2.64. The summed E-state index contributed by atoms with van der Waals surface area (Å²) in [7, 11) is 0. The van der Waals surface area contributed by atoms with Gasteiger partial charge >= 0.3 is 0 Å². The van der Waals surface area contributed by atoms with Gasteiger partial charge in [-0.1, -0.05) is 72.8 Å². The molecule has 0 fully saturated rings. The van der Waals surface area contributed by atoms with Crippen molar-refractivity contribution < 1.29 is 9.50 Å². The van der Waals surface area contributed by atoms with Crippen molar-refractivity contribution in [2.24, 2.45) is 0 Å². The lowest BCUT2D eigenvalue weighted by molar-refractivity contribution is 0.390. The van der Waals surface area contributed by atoms with Gasteiger partial charge in [-0.15, -0.1) is 0 Å². The largest absolute Gasteiger partial charge is 0.505 e. The highest BCUT2D eigenvalue weighted by molar-refractivity contribution is 5.26. The topological polar surface area (TPSA) is 20.2 Å². The Kier molecular flexibility index (Phi) is 7.21. The normalized spacial score (nSPS) is 12.2. The summed E-state index contributed by atoms with van der Waals surface area (Å²) in [5.74, 6) is -1.22. The molecule has 2 rings (SSSR count). The predicted octanol–water partition coefficient (Wildman–Crippen LogP) is 6.28. The summed E-state index contributed by atoms with van der Waals surface area (Å²) in [4.78, 5) is 0. The van der Waals surface area contributed by atoms with Gasteiger partial charge in [0, 0.05) is 0 Å². The van der Waals surface area contributed by atoms with Gasteiger partial charge in [0.05, 0.1) is 0 Å². The lowest BCUT2D eigenvalue weighted by Gasteiger charge is -2.05. The van der Waals surface area contributed by atoms with E-state index in [2.05, 4.69) is 55.1 Å². The average molecular weight is 336 g/mol. The first-order valence-electron chi connectivity index (χ1n) is 8.57. The Labute approximate surface area is 149 Å². The summed E-state index contributed by atoms with van der Waals surface area (Å²) in [6, 6.07) is 19.2. The molecule has 25 heavy (non-hydrogen) atoms. The highest BCUT2D eigenvalue weighted by Crippen LogP contribution is 2.13. The highest BCUT2D eigenvalue weighted by Gasteiger charge is 1.99. The Morgan fingerprint density at radius 2 is 1.40 bits per heavy atom. The maximum atomic E-state index is 12.7. The summed E-state index contributed by atoms with van der Waals surface area (Å²) >= 11 is 0. The fourth-order valence-corrected chi connectivity index (χ4v) is 2.54. The van der Waals surface area contributed by atoms with Gasteiger partial charge in [-0.2, -0.15) is 0 Å². The lowest BCUT2D eigenvalue weighted by Crippen LogP contribution is -1.92. The van der Waals surface area contributed by atoms with Crippen LogP contribution in [0, 0.1) is 0 Å².